The van der Waals surface area contributed by atoms with E-state index >= 15 is 0 Å². The van der Waals surface area contributed by atoms with Gasteiger partial charge in [0, 0.05) is 24.3 Å². The molecule has 0 unspecified atom stereocenters. The first-order valence-electron chi connectivity index (χ1n) is 9.48. The average molecular weight is 403 g/mol. The highest BCUT2D eigenvalue weighted by Gasteiger charge is 2.22. The van der Waals surface area contributed by atoms with Crippen LogP contribution in [0.1, 0.15) is 30.9 Å². The Balaban J connectivity index is 1.67. The summed E-state index contributed by atoms with van der Waals surface area (Å²) in [4.78, 5) is 13.9. The minimum Gasteiger partial charge on any atom is -0.497 e. The van der Waals surface area contributed by atoms with Gasteiger partial charge in [-0.05, 0) is 60.7 Å². The molecule has 7 heteroatoms. The largest absolute Gasteiger partial charge is 0.497 e. The van der Waals surface area contributed by atoms with E-state index in [4.69, 9.17) is 4.74 Å². The van der Waals surface area contributed by atoms with E-state index in [1.165, 1.54) is 0 Å². The summed E-state index contributed by atoms with van der Waals surface area (Å²) in [5.41, 5.74) is 3.37. The van der Waals surface area contributed by atoms with Crippen molar-refractivity contribution < 1.29 is 17.9 Å². The van der Waals surface area contributed by atoms with Crippen LogP contribution in [0, 0.1) is 0 Å². The van der Waals surface area contributed by atoms with Gasteiger partial charge in [0.05, 0.1) is 12.9 Å². The smallest absolute Gasteiger partial charge is 0.233 e. The molecule has 0 saturated heterocycles. The Labute approximate surface area is 166 Å². The fraction of sp³-hybridized carbons (Fsp3) is 0.381. The summed E-state index contributed by atoms with van der Waals surface area (Å²) >= 11 is 0. The third-order valence-corrected chi connectivity index (χ3v) is 6.18. The maximum Gasteiger partial charge on any atom is 0.233 e. The van der Waals surface area contributed by atoms with Crippen LogP contribution in [0.5, 0.6) is 5.75 Å². The molecule has 6 nitrogen and oxygen atoms in total. The monoisotopic (exact) mass is 402 g/mol. The van der Waals surface area contributed by atoms with Crippen LogP contribution in [-0.4, -0.2) is 33.7 Å². The van der Waals surface area contributed by atoms with E-state index in [1.807, 2.05) is 43.3 Å². The molecule has 0 aliphatic carbocycles. The molecule has 0 spiro atoms. The average Bonchev–Trinajstić information content (AvgIpc) is 2.71. The summed E-state index contributed by atoms with van der Waals surface area (Å²) in [5.74, 6) is 0.833. The van der Waals surface area contributed by atoms with Crippen molar-refractivity contribution in [2.75, 3.05) is 29.0 Å². The molecule has 0 atom stereocenters. The number of methoxy groups -OCH3 is 1. The van der Waals surface area contributed by atoms with E-state index in [0.717, 1.165) is 35.4 Å². The number of carbonyl (C=O) groups is 1. The molecule has 28 heavy (non-hydrogen) atoms. The van der Waals surface area contributed by atoms with Crippen LogP contribution < -0.4 is 14.4 Å². The second-order valence-corrected chi connectivity index (χ2v) is 8.71. The predicted octanol–water partition coefficient (Wildman–Crippen LogP) is 3.37. The maximum absolute atomic E-state index is 12.5. The summed E-state index contributed by atoms with van der Waals surface area (Å²) in [7, 11) is -1.87. The second-order valence-electron chi connectivity index (χ2n) is 6.86. The van der Waals surface area contributed by atoms with Gasteiger partial charge in [-0.25, -0.2) is 8.42 Å². The van der Waals surface area contributed by atoms with Gasteiger partial charge in [0.15, 0.2) is 0 Å². The number of amides is 1. The maximum atomic E-state index is 12.5. The number of hydrogen-bond acceptors (Lipinski definition) is 4. The van der Waals surface area contributed by atoms with Crippen molar-refractivity contribution in [3.8, 4) is 5.75 Å². The van der Waals surface area contributed by atoms with Crippen molar-refractivity contribution in [3.05, 3.63) is 53.6 Å². The number of anilines is 2. The molecule has 0 aromatic heterocycles. The molecule has 150 valence electrons. The lowest BCUT2D eigenvalue weighted by molar-refractivity contribution is -0.118. The number of nitrogens with zero attached hydrogens (tertiary/aromatic N) is 1. The lowest BCUT2D eigenvalue weighted by Crippen LogP contribution is -2.34. The molecule has 2 aromatic carbocycles. The highest BCUT2D eigenvalue weighted by atomic mass is 32.2. The topological polar surface area (TPSA) is 75.7 Å². The zero-order chi connectivity index (χ0) is 20.1. The third-order valence-electron chi connectivity index (χ3n) is 4.89. The van der Waals surface area contributed by atoms with E-state index in [2.05, 4.69) is 4.72 Å². The molecular formula is C21H26N2O4S. The standard InChI is InChI=1S/C21H26N2O4S/c1-3-21(24)23-13-4-5-17-15-18(8-11-20(17)23)22-28(25,26)14-12-16-6-9-19(27-2)10-7-16/h6-11,15,22H,3-5,12-14H2,1-2H3. The zero-order valence-electron chi connectivity index (χ0n) is 16.3. The van der Waals surface area contributed by atoms with Crippen LogP contribution in [-0.2, 0) is 27.7 Å². The van der Waals surface area contributed by atoms with Gasteiger partial charge >= 0.3 is 0 Å². The van der Waals surface area contributed by atoms with Crippen LogP contribution in [0.25, 0.3) is 0 Å². The van der Waals surface area contributed by atoms with Crippen LogP contribution in [0.2, 0.25) is 0 Å². The molecule has 0 fully saturated rings. The number of ether oxygens (including phenoxy) is 1. The number of benzene rings is 2. The Morgan fingerprint density at radius 2 is 1.93 bits per heavy atom. The molecule has 3 rings (SSSR count). The van der Waals surface area contributed by atoms with E-state index in [9.17, 15) is 13.2 Å². The molecule has 1 aliphatic rings. The fourth-order valence-corrected chi connectivity index (χ4v) is 4.48. The number of carbonyl (C=O) groups excluding carboxylic acids is 1. The van der Waals surface area contributed by atoms with Crippen molar-refractivity contribution in [1.29, 1.82) is 0 Å². The Hall–Kier alpha value is -2.54. The molecule has 1 amide bonds. The Bertz CT molecular complexity index is 939. The van der Waals surface area contributed by atoms with Gasteiger partial charge in [-0.3, -0.25) is 9.52 Å². The van der Waals surface area contributed by atoms with Crippen LogP contribution in [0.3, 0.4) is 0 Å². The van der Waals surface area contributed by atoms with E-state index in [-0.39, 0.29) is 11.7 Å². The van der Waals surface area contributed by atoms with Crippen LogP contribution in [0.4, 0.5) is 11.4 Å². The minimum absolute atomic E-state index is 0.00312. The molecule has 0 saturated carbocycles. The number of hydrogen-bond donors (Lipinski definition) is 1. The zero-order valence-corrected chi connectivity index (χ0v) is 17.1. The van der Waals surface area contributed by atoms with E-state index in [0.29, 0.717) is 25.1 Å². The molecule has 1 heterocycles. The first-order chi connectivity index (χ1) is 13.4. The summed E-state index contributed by atoms with van der Waals surface area (Å²) in [6, 6.07) is 12.8. The normalized spacial score (nSPS) is 13.7. The molecule has 2 aromatic rings. The van der Waals surface area contributed by atoms with Gasteiger partial charge in [0.25, 0.3) is 0 Å². The van der Waals surface area contributed by atoms with Gasteiger partial charge in [0.2, 0.25) is 15.9 Å². The Morgan fingerprint density at radius 3 is 2.61 bits per heavy atom. The van der Waals surface area contributed by atoms with Crippen LogP contribution >= 0.6 is 0 Å². The third kappa shape index (κ3) is 4.84. The van der Waals surface area contributed by atoms with Crippen molar-refractivity contribution in [1.82, 2.24) is 0 Å². The quantitative estimate of drug-likeness (QED) is 0.770. The highest BCUT2D eigenvalue weighted by Crippen LogP contribution is 2.30. The summed E-state index contributed by atoms with van der Waals surface area (Å²) < 4.78 is 32.7. The van der Waals surface area contributed by atoms with Gasteiger partial charge in [-0.15, -0.1) is 0 Å². The lowest BCUT2D eigenvalue weighted by atomic mass is 10.0. The first-order valence-corrected chi connectivity index (χ1v) is 11.1. The number of rotatable bonds is 7. The second kappa shape index (κ2) is 8.65. The fourth-order valence-electron chi connectivity index (χ4n) is 3.39. The number of nitrogens with one attached hydrogen (secondary N) is 1. The summed E-state index contributed by atoms with van der Waals surface area (Å²) in [6.07, 6.45) is 2.60. The lowest BCUT2D eigenvalue weighted by Gasteiger charge is -2.29. The van der Waals surface area contributed by atoms with E-state index in [1.54, 1.807) is 18.1 Å². The van der Waals surface area contributed by atoms with Crippen molar-refractivity contribution >= 4 is 27.3 Å². The van der Waals surface area contributed by atoms with Crippen LogP contribution in [0.15, 0.2) is 42.5 Å². The minimum atomic E-state index is -3.47. The highest BCUT2D eigenvalue weighted by molar-refractivity contribution is 7.92. The van der Waals surface area contributed by atoms with Crippen molar-refractivity contribution in [2.24, 2.45) is 0 Å². The summed E-state index contributed by atoms with van der Waals surface area (Å²) in [6.45, 7) is 2.56. The number of sulfonamides is 1. The van der Waals surface area contributed by atoms with Crippen molar-refractivity contribution in [2.45, 2.75) is 32.6 Å². The molecule has 1 N–H and O–H groups in total. The molecule has 1 aliphatic heterocycles. The molecule has 0 bridgehead atoms. The SMILES string of the molecule is CCC(=O)N1CCCc2cc(NS(=O)(=O)CCc3ccc(OC)cc3)ccc21. The number of aryl methyl sites for hydroxylation is 2. The summed E-state index contributed by atoms with van der Waals surface area (Å²) in [5, 5.41) is 0. The van der Waals surface area contributed by atoms with Gasteiger partial charge < -0.3 is 9.64 Å². The van der Waals surface area contributed by atoms with Gasteiger partial charge in [-0.1, -0.05) is 19.1 Å². The van der Waals surface area contributed by atoms with Crippen molar-refractivity contribution in [3.63, 3.8) is 0 Å². The predicted molar refractivity (Wildman–Crippen MR) is 112 cm³/mol. The number of fused-ring (bicyclic) bond motifs is 1. The Morgan fingerprint density at radius 1 is 1.18 bits per heavy atom. The van der Waals surface area contributed by atoms with Gasteiger partial charge in [-0.2, -0.15) is 0 Å². The molecular weight excluding hydrogens is 376 g/mol. The first kappa shape index (κ1) is 20.2. The van der Waals surface area contributed by atoms with Gasteiger partial charge in [0.1, 0.15) is 5.75 Å². The molecule has 0 radical (unpaired) electrons. The van der Waals surface area contributed by atoms with E-state index < -0.39 is 10.0 Å². The Kier molecular flexibility index (Phi) is 6.24.